The highest BCUT2D eigenvalue weighted by atomic mass is 16.5. The van der Waals surface area contributed by atoms with Gasteiger partial charge < -0.3 is 14.7 Å². The smallest absolute Gasteiger partial charge is 0.245 e. The second-order valence-corrected chi connectivity index (χ2v) is 3.97. The highest BCUT2D eigenvalue weighted by Gasteiger charge is 2.37. The van der Waals surface area contributed by atoms with Crippen LogP contribution in [-0.4, -0.2) is 38.9 Å². The summed E-state index contributed by atoms with van der Waals surface area (Å²) in [5, 5.41) is 6.30. The van der Waals surface area contributed by atoms with E-state index in [1.54, 1.807) is 6.92 Å². The highest BCUT2D eigenvalue weighted by molar-refractivity contribution is 5.96. The maximum atomic E-state index is 12.0. The van der Waals surface area contributed by atoms with E-state index in [0.717, 1.165) is 0 Å². The molecular weight excluding hydrogens is 224 g/mol. The fraction of sp³-hybridized carbons (Fsp3) is 0.600. The molecule has 0 aliphatic carbocycles. The summed E-state index contributed by atoms with van der Waals surface area (Å²) >= 11 is 0. The summed E-state index contributed by atoms with van der Waals surface area (Å²) < 4.78 is 4.61. The van der Waals surface area contributed by atoms with Gasteiger partial charge >= 0.3 is 0 Å². The van der Waals surface area contributed by atoms with Gasteiger partial charge in [-0.1, -0.05) is 12.1 Å². The number of carbonyl (C=O) groups excluding carboxylic acids is 2. The zero-order valence-corrected chi connectivity index (χ0v) is 9.71. The molecule has 0 radical (unpaired) electrons. The molecule has 1 saturated heterocycles. The van der Waals surface area contributed by atoms with Crippen molar-refractivity contribution in [3.8, 4) is 0 Å². The topological polar surface area (TPSA) is 88.3 Å². The second-order valence-electron chi connectivity index (χ2n) is 3.97. The summed E-state index contributed by atoms with van der Waals surface area (Å²) in [5.74, 6) is 0.142. The van der Waals surface area contributed by atoms with Crippen molar-refractivity contribution in [2.45, 2.75) is 38.9 Å². The lowest BCUT2D eigenvalue weighted by molar-refractivity contribution is -0.149. The van der Waals surface area contributed by atoms with Crippen LogP contribution in [0, 0.1) is 0 Å². The van der Waals surface area contributed by atoms with Crippen molar-refractivity contribution in [2.75, 3.05) is 0 Å². The van der Waals surface area contributed by atoms with Crippen molar-refractivity contribution in [3.05, 3.63) is 12.2 Å². The second kappa shape index (κ2) is 4.52. The summed E-state index contributed by atoms with van der Waals surface area (Å²) in [4.78, 5) is 29.1. The summed E-state index contributed by atoms with van der Waals surface area (Å²) in [6, 6.07) is -0.964. The molecule has 2 amide bonds. The molecule has 1 aliphatic heterocycles. The van der Waals surface area contributed by atoms with Crippen LogP contribution in [0.1, 0.15) is 26.1 Å². The van der Waals surface area contributed by atoms with E-state index in [0.29, 0.717) is 12.2 Å². The number of rotatable bonds is 3. The Morgan fingerprint density at radius 3 is 2.88 bits per heavy atom. The fourth-order valence-corrected chi connectivity index (χ4v) is 1.92. The average Bonchev–Trinajstić information content (AvgIpc) is 2.78. The van der Waals surface area contributed by atoms with E-state index in [1.807, 2.05) is 6.92 Å². The third kappa shape index (κ3) is 2.13. The first-order valence-electron chi connectivity index (χ1n) is 5.49. The van der Waals surface area contributed by atoms with Crippen molar-refractivity contribution < 1.29 is 14.1 Å². The van der Waals surface area contributed by atoms with Gasteiger partial charge in [0.2, 0.25) is 18.2 Å². The van der Waals surface area contributed by atoms with Crippen LogP contribution in [0.4, 0.5) is 0 Å². The maximum absolute atomic E-state index is 12.0. The van der Waals surface area contributed by atoms with Gasteiger partial charge in [0, 0.05) is 0 Å². The van der Waals surface area contributed by atoms with Gasteiger partial charge in [-0.2, -0.15) is 4.98 Å². The SMILES string of the molecule is CCC1C(=O)NC(C)C(=O)N1Cc1ncon1. The molecule has 1 aromatic rings. The van der Waals surface area contributed by atoms with Crippen LogP contribution in [0.25, 0.3) is 0 Å². The normalized spacial score (nSPS) is 24.9. The molecule has 1 N–H and O–H groups in total. The predicted octanol–water partition coefficient (Wildman–Crippen LogP) is -0.305. The van der Waals surface area contributed by atoms with E-state index in [4.69, 9.17) is 0 Å². The van der Waals surface area contributed by atoms with Crippen LogP contribution in [-0.2, 0) is 16.1 Å². The van der Waals surface area contributed by atoms with Crippen LogP contribution in [0.15, 0.2) is 10.9 Å². The Morgan fingerprint density at radius 2 is 2.29 bits per heavy atom. The monoisotopic (exact) mass is 238 g/mol. The summed E-state index contributed by atoms with van der Waals surface area (Å²) in [7, 11) is 0. The van der Waals surface area contributed by atoms with Crippen molar-refractivity contribution >= 4 is 11.8 Å². The van der Waals surface area contributed by atoms with E-state index in [2.05, 4.69) is 20.0 Å². The van der Waals surface area contributed by atoms with Gasteiger partial charge in [0.1, 0.15) is 12.1 Å². The van der Waals surface area contributed by atoms with Gasteiger partial charge in [0.25, 0.3) is 0 Å². The third-order valence-corrected chi connectivity index (χ3v) is 2.80. The zero-order chi connectivity index (χ0) is 12.4. The predicted molar refractivity (Wildman–Crippen MR) is 56.5 cm³/mol. The van der Waals surface area contributed by atoms with Crippen molar-refractivity contribution in [2.24, 2.45) is 0 Å². The van der Waals surface area contributed by atoms with Gasteiger partial charge in [-0.15, -0.1) is 0 Å². The molecule has 1 aromatic heterocycles. The molecule has 2 heterocycles. The summed E-state index contributed by atoms with van der Waals surface area (Å²) in [5.41, 5.74) is 0. The standard InChI is InChI=1S/C10H14N4O3/c1-3-7-9(15)12-6(2)10(16)14(7)4-8-11-5-17-13-8/h5-7H,3-4H2,1-2H3,(H,12,15). The Balaban J connectivity index is 2.20. The number of hydrogen-bond acceptors (Lipinski definition) is 5. The zero-order valence-electron chi connectivity index (χ0n) is 9.71. The Morgan fingerprint density at radius 1 is 1.53 bits per heavy atom. The first kappa shape index (κ1) is 11.6. The lowest BCUT2D eigenvalue weighted by Crippen LogP contribution is -2.61. The lowest BCUT2D eigenvalue weighted by Gasteiger charge is -2.36. The number of nitrogens with zero attached hydrogens (tertiary/aromatic N) is 3. The molecule has 0 aromatic carbocycles. The number of piperazine rings is 1. The Labute approximate surface area is 98.2 Å². The molecule has 2 atom stereocenters. The number of aromatic nitrogens is 2. The minimum atomic E-state index is -0.503. The summed E-state index contributed by atoms with van der Waals surface area (Å²) in [6.45, 7) is 3.72. The van der Waals surface area contributed by atoms with Gasteiger partial charge in [-0.25, -0.2) is 0 Å². The lowest BCUT2D eigenvalue weighted by atomic mass is 10.1. The Kier molecular flexibility index (Phi) is 3.08. The third-order valence-electron chi connectivity index (χ3n) is 2.80. The van der Waals surface area contributed by atoms with E-state index in [1.165, 1.54) is 11.3 Å². The van der Waals surface area contributed by atoms with Crippen molar-refractivity contribution in [3.63, 3.8) is 0 Å². The minimum Gasteiger partial charge on any atom is -0.343 e. The van der Waals surface area contributed by atoms with E-state index >= 15 is 0 Å². The van der Waals surface area contributed by atoms with Crippen molar-refractivity contribution in [1.29, 1.82) is 0 Å². The molecule has 2 unspecified atom stereocenters. The Bertz CT molecular complexity index is 417. The largest absolute Gasteiger partial charge is 0.343 e. The van der Waals surface area contributed by atoms with Crippen molar-refractivity contribution in [1.82, 2.24) is 20.4 Å². The molecule has 7 nitrogen and oxygen atoms in total. The number of amides is 2. The molecule has 0 bridgehead atoms. The molecule has 0 spiro atoms. The first-order valence-corrected chi connectivity index (χ1v) is 5.49. The van der Waals surface area contributed by atoms with Crippen LogP contribution in [0.2, 0.25) is 0 Å². The number of hydrogen-bond donors (Lipinski definition) is 1. The van der Waals surface area contributed by atoms with E-state index in [9.17, 15) is 9.59 Å². The first-order chi connectivity index (χ1) is 8.13. The van der Waals surface area contributed by atoms with Crippen LogP contribution in [0.3, 0.4) is 0 Å². The van der Waals surface area contributed by atoms with Crippen LogP contribution in [0.5, 0.6) is 0 Å². The number of carbonyl (C=O) groups is 2. The molecule has 1 aliphatic rings. The molecule has 1 fully saturated rings. The average molecular weight is 238 g/mol. The van der Waals surface area contributed by atoms with E-state index < -0.39 is 12.1 Å². The molecule has 92 valence electrons. The van der Waals surface area contributed by atoms with Crippen LogP contribution < -0.4 is 5.32 Å². The van der Waals surface area contributed by atoms with Gasteiger partial charge in [-0.3, -0.25) is 9.59 Å². The summed E-state index contributed by atoms with van der Waals surface area (Å²) in [6.07, 6.45) is 1.76. The molecular formula is C10H14N4O3. The van der Waals surface area contributed by atoms with Gasteiger partial charge in [0.15, 0.2) is 5.82 Å². The highest BCUT2D eigenvalue weighted by Crippen LogP contribution is 2.15. The molecule has 17 heavy (non-hydrogen) atoms. The van der Waals surface area contributed by atoms with E-state index in [-0.39, 0.29) is 18.4 Å². The minimum absolute atomic E-state index is 0.124. The van der Waals surface area contributed by atoms with Crippen LogP contribution >= 0.6 is 0 Å². The molecule has 7 heteroatoms. The molecule has 0 saturated carbocycles. The van der Waals surface area contributed by atoms with Gasteiger partial charge in [0.05, 0.1) is 6.54 Å². The van der Waals surface area contributed by atoms with Gasteiger partial charge in [-0.05, 0) is 13.3 Å². The quantitative estimate of drug-likeness (QED) is 0.780. The molecule has 2 rings (SSSR count). The number of nitrogens with one attached hydrogen (secondary N) is 1. The fourth-order valence-electron chi connectivity index (χ4n) is 1.92. The maximum Gasteiger partial charge on any atom is 0.245 e. The Hall–Kier alpha value is -1.92.